The molecule has 1 amide bonds. The predicted molar refractivity (Wildman–Crippen MR) is 53.2 cm³/mol. The van der Waals surface area contributed by atoms with E-state index in [1.165, 1.54) is 19.3 Å². The van der Waals surface area contributed by atoms with Gasteiger partial charge in [0.15, 0.2) is 0 Å². The molecule has 1 fully saturated rings. The van der Waals surface area contributed by atoms with Gasteiger partial charge in [-0.05, 0) is 32.2 Å². The zero-order chi connectivity index (χ0) is 9.68. The van der Waals surface area contributed by atoms with Gasteiger partial charge in [-0.3, -0.25) is 4.79 Å². The van der Waals surface area contributed by atoms with E-state index in [9.17, 15) is 4.79 Å². The second-order valence-electron chi connectivity index (χ2n) is 4.10. The lowest BCUT2D eigenvalue weighted by molar-refractivity contribution is -0.118. The van der Waals surface area contributed by atoms with Crippen molar-refractivity contribution in [1.29, 1.82) is 0 Å². The van der Waals surface area contributed by atoms with Crippen molar-refractivity contribution in [3.63, 3.8) is 0 Å². The number of nitrogens with two attached hydrogens (primary N) is 1. The number of carbonyl (C=O) groups is 1. The van der Waals surface area contributed by atoms with Gasteiger partial charge in [0.2, 0.25) is 5.91 Å². The first-order valence-electron chi connectivity index (χ1n) is 5.20. The molecule has 13 heavy (non-hydrogen) atoms. The molecule has 0 radical (unpaired) electrons. The van der Waals surface area contributed by atoms with Gasteiger partial charge in [0, 0.05) is 12.5 Å². The highest BCUT2D eigenvalue weighted by molar-refractivity contribution is 5.73. The van der Waals surface area contributed by atoms with Crippen LogP contribution in [0.15, 0.2) is 0 Å². The minimum absolute atomic E-state index is 0.198. The summed E-state index contributed by atoms with van der Waals surface area (Å²) in [5, 5.41) is 3.40. The first kappa shape index (κ1) is 10.5. The maximum Gasteiger partial charge on any atom is 0.217 e. The Bertz CT molecular complexity index is 166. The Balaban J connectivity index is 1.88. The summed E-state index contributed by atoms with van der Waals surface area (Å²) in [6.07, 6.45) is 5.48. The van der Waals surface area contributed by atoms with Gasteiger partial charge in [0.25, 0.3) is 0 Å². The van der Waals surface area contributed by atoms with Gasteiger partial charge in [-0.2, -0.15) is 0 Å². The summed E-state index contributed by atoms with van der Waals surface area (Å²) in [7, 11) is 0. The summed E-state index contributed by atoms with van der Waals surface area (Å²) < 4.78 is 0. The zero-order valence-corrected chi connectivity index (χ0v) is 8.38. The molecule has 0 saturated heterocycles. The topological polar surface area (TPSA) is 55.1 Å². The molecule has 3 heteroatoms. The lowest BCUT2D eigenvalue weighted by Crippen LogP contribution is -2.28. The van der Waals surface area contributed by atoms with Crippen LogP contribution in [0.25, 0.3) is 0 Å². The lowest BCUT2D eigenvalue weighted by atomic mass is 10.1. The molecule has 0 aliphatic heterocycles. The Morgan fingerprint density at radius 1 is 1.62 bits per heavy atom. The van der Waals surface area contributed by atoms with Crippen LogP contribution in [0.2, 0.25) is 0 Å². The Morgan fingerprint density at radius 3 is 2.85 bits per heavy atom. The third-order valence-corrected chi connectivity index (χ3v) is 2.48. The molecule has 76 valence electrons. The van der Waals surface area contributed by atoms with Crippen molar-refractivity contribution in [1.82, 2.24) is 5.32 Å². The van der Waals surface area contributed by atoms with Gasteiger partial charge in [0.05, 0.1) is 0 Å². The van der Waals surface area contributed by atoms with E-state index in [0.29, 0.717) is 12.5 Å². The van der Waals surface area contributed by atoms with Gasteiger partial charge in [-0.1, -0.05) is 12.8 Å². The van der Waals surface area contributed by atoms with Gasteiger partial charge in [-0.25, -0.2) is 0 Å². The number of amides is 1. The SMILES string of the molecule is CC(CC1CC1)NCCCC(N)=O. The standard InChI is InChI=1S/C10H20N2O/c1-8(7-9-4-5-9)12-6-2-3-10(11)13/h8-9,12H,2-7H2,1H3,(H2,11,13). The molecule has 0 bridgehead atoms. The predicted octanol–water partition coefficient (Wildman–Crippen LogP) is 1.03. The number of hydrogen-bond acceptors (Lipinski definition) is 2. The van der Waals surface area contributed by atoms with Crippen molar-refractivity contribution in [3.8, 4) is 0 Å². The van der Waals surface area contributed by atoms with Crippen LogP contribution in [-0.4, -0.2) is 18.5 Å². The smallest absolute Gasteiger partial charge is 0.217 e. The van der Waals surface area contributed by atoms with Crippen LogP contribution < -0.4 is 11.1 Å². The van der Waals surface area contributed by atoms with E-state index in [-0.39, 0.29) is 5.91 Å². The highest BCUT2D eigenvalue weighted by atomic mass is 16.1. The molecule has 1 atom stereocenters. The van der Waals surface area contributed by atoms with Crippen molar-refractivity contribution in [2.45, 2.75) is 45.1 Å². The highest BCUT2D eigenvalue weighted by Crippen LogP contribution is 2.33. The summed E-state index contributed by atoms with van der Waals surface area (Å²) in [5.74, 6) is 0.773. The minimum Gasteiger partial charge on any atom is -0.370 e. The number of nitrogens with one attached hydrogen (secondary N) is 1. The van der Waals surface area contributed by atoms with E-state index >= 15 is 0 Å². The Kier molecular flexibility index (Phi) is 4.22. The fourth-order valence-corrected chi connectivity index (χ4v) is 1.55. The van der Waals surface area contributed by atoms with Crippen LogP contribution in [0.1, 0.15) is 39.0 Å². The first-order chi connectivity index (χ1) is 6.18. The Labute approximate surface area is 80.1 Å². The van der Waals surface area contributed by atoms with E-state index in [4.69, 9.17) is 5.73 Å². The molecule has 3 N–H and O–H groups in total. The number of carbonyl (C=O) groups excluding carboxylic acids is 1. The van der Waals surface area contributed by atoms with Gasteiger partial charge in [-0.15, -0.1) is 0 Å². The van der Waals surface area contributed by atoms with Crippen LogP contribution in [0, 0.1) is 5.92 Å². The van der Waals surface area contributed by atoms with Crippen molar-refractivity contribution >= 4 is 5.91 Å². The molecular weight excluding hydrogens is 164 g/mol. The molecule has 3 nitrogen and oxygen atoms in total. The third-order valence-electron chi connectivity index (χ3n) is 2.48. The average molecular weight is 184 g/mol. The van der Waals surface area contributed by atoms with Crippen molar-refractivity contribution in [2.75, 3.05) is 6.54 Å². The summed E-state index contributed by atoms with van der Waals surface area (Å²) in [6.45, 7) is 3.12. The second kappa shape index (κ2) is 5.22. The van der Waals surface area contributed by atoms with Crippen LogP contribution in [-0.2, 0) is 4.79 Å². The normalized spacial score (nSPS) is 18.5. The molecule has 0 heterocycles. The van der Waals surface area contributed by atoms with E-state index < -0.39 is 0 Å². The van der Waals surface area contributed by atoms with Crippen LogP contribution in [0.4, 0.5) is 0 Å². The molecular formula is C10H20N2O. The van der Waals surface area contributed by atoms with Crippen LogP contribution in [0.3, 0.4) is 0 Å². The summed E-state index contributed by atoms with van der Waals surface area (Å²) in [5.41, 5.74) is 5.03. The van der Waals surface area contributed by atoms with E-state index in [1.807, 2.05) is 0 Å². The zero-order valence-electron chi connectivity index (χ0n) is 8.38. The highest BCUT2D eigenvalue weighted by Gasteiger charge is 2.22. The quantitative estimate of drug-likeness (QED) is 0.581. The molecule has 1 saturated carbocycles. The van der Waals surface area contributed by atoms with Gasteiger partial charge < -0.3 is 11.1 Å². The van der Waals surface area contributed by atoms with Gasteiger partial charge in [0.1, 0.15) is 0 Å². The summed E-state index contributed by atoms with van der Waals surface area (Å²) in [4.78, 5) is 10.4. The maximum absolute atomic E-state index is 10.4. The second-order valence-corrected chi connectivity index (χ2v) is 4.10. The molecule has 1 aliphatic carbocycles. The van der Waals surface area contributed by atoms with Crippen molar-refractivity contribution < 1.29 is 4.79 Å². The minimum atomic E-state index is -0.198. The molecule has 1 rings (SSSR count). The molecule has 0 aromatic heterocycles. The fourth-order valence-electron chi connectivity index (χ4n) is 1.55. The maximum atomic E-state index is 10.4. The average Bonchev–Trinajstić information content (AvgIpc) is 2.81. The van der Waals surface area contributed by atoms with Crippen molar-refractivity contribution in [3.05, 3.63) is 0 Å². The largest absolute Gasteiger partial charge is 0.370 e. The van der Waals surface area contributed by atoms with E-state index in [0.717, 1.165) is 18.9 Å². The Morgan fingerprint density at radius 2 is 2.31 bits per heavy atom. The van der Waals surface area contributed by atoms with Gasteiger partial charge >= 0.3 is 0 Å². The Hall–Kier alpha value is -0.570. The van der Waals surface area contributed by atoms with Crippen LogP contribution in [0.5, 0.6) is 0 Å². The molecule has 0 spiro atoms. The number of rotatable bonds is 7. The first-order valence-corrected chi connectivity index (χ1v) is 5.20. The molecule has 0 aromatic rings. The van der Waals surface area contributed by atoms with Crippen LogP contribution >= 0.6 is 0 Å². The number of hydrogen-bond donors (Lipinski definition) is 2. The van der Waals surface area contributed by atoms with Crippen molar-refractivity contribution in [2.24, 2.45) is 11.7 Å². The third kappa shape index (κ3) is 5.64. The molecule has 1 unspecified atom stereocenters. The summed E-state index contributed by atoms with van der Waals surface area (Å²) >= 11 is 0. The summed E-state index contributed by atoms with van der Waals surface area (Å²) in [6, 6.07) is 0.598. The van der Waals surface area contributed by atoms with E-state index in [2.05, 4.69) is 12.2 Å². The fraction of sp³-hybridized carbons (Fsp3) is 0.900. The lowest BCUT2D eigenvalue weighted by Gasteiger charge is -2.12. The monoisotopic (exact) mass is 184 g/mol. The molecule has 1 aliphatic rings. The molecule has 0 aromatic carbocycles. The number of primary amides is 1. The van der Waals surface area contributed by atoms with E-state index in [1.54, 1.807) is 0 Å².